The molecule has 2 atom stereocenters. The number of benzene rings is 2. The van der Waals surface area contributed by atoms with E-state index in [1.165, 1.54) is 30.9 Å². The second-order valence-corrected chi connectivity index (χ2v) is 6.55. The van der Waals surface area contributed by atoms with Crippen LogP contribution in [-0.2, 0) is 17.8 Å². The molecule has 144 valence electrons. The summed E-state index contributed by atoms with van der Waals surface area (Å²) < 4.78 is 5.17. The minimum Gasteiger partial charge on any atom is -0.494 e. The highest BCUT2D eigenvalue weighted by Crippen LogP contribution is 2.28. The van der Waals surface area contributed by atoms with Crippen LogP contribution in [0.2, 0.25) is 0 Å². The Morgan fingerprint density at radius 3 is 2.41 bits per heavy atom. The van der Waals surface area contributed by atoms with Crippen molar-refractivity contribution in [3.63, 3.8) is 0 Å². The molecular weight excluding hydrogens is 346 g/mol. The zero-order valence-electron chi connectivity index (χ0n) is 16.1. The number of quaternary nitrogens is 1. The maximum absolute atomic E-state index is 12.6. The first-order valence-corrected chi connectivity index (χ1v) is 8.89. The first-order valence-electron chi connectivity index (χ1n) is 8.89. The van der Waals surface area contributed by atoms with E-state index in [4.69, 9.17) is 4.74 Å². The van der Waals surface area contributed by atoms with Gasteiger partial charge in [0.05, 0.1) is 30.8 Å². The van der Waals surface area contributed by atoms with E-state index in [-0.39, 0.29) is 23.4 Å². The van der Waals surface area contributed by atoms with Gasteiger partial charge < -0.3 is 15.0 Å². The standard InChI is InChI=1S/C20H25N3O4/c1-5-15-6-8-16(9-7-15)13-22(3)14(2)20(24)21-18-11-10-17(23(25)26)12-19(18)27-4/h6-12,14H,5,13H2,1-4H3,(H,21,24)/p+1/t14-/m1/s1. The third-order valence-corrected chi connectivity index (χ3v) is 4.70. The van der Waals surface area contributed by atoms with Gasteiger partial charge in [-0.2, -0.15) is 0 Å². The van der Waals surface area contributed by atoms with E-state index < -0.39 is 4.92 Å². The third kappa shape index (κ3) is 5.27. The molecule has 2 N–H and O–H groups in total. The van der Waals surface area contributed by atoms with Gasteiger partial charge in [-0.05, 0) is 25.0 Å². The summed E-state index contributed by atoms with van der Waals surface area (Å²) in [7, 11) is 3.38. The summed E-state index contributed by atoms with van der Waals surface area (Å²) in [5, 5.41) is 13.7. The van der Waals surface area contributed by atoms with Crippen LogP contribution in [-0.4, -0.2) is 31.0 Å². The summed E-state index contributed by atoms with van der Waals surface area (Å²) in [5.41, 5.74) is 2.78. The fraction of sp³-hybridized carbons (Fsp3) is 0.350. The molecule has 0 aliphatic carbocycles. The molecule has 0 saturated heterocycles. The van der Waals surface area contributed by atoms with Crippen LogP contribution >= 0.6 is 0 Å². The van der Waals surface area contributed by atoms with Gasteiger partial charge in [-0.3, -0.25) is 14.9 Å². The Bertz CT molecular complexity index is 805. The van der Waals surface area contributed by atoms with Crippen LogP contribution in [0, 0.1) is 10.1 Å². The normalized spacial score (nSPS) is 12.9. The maximum Gasteiger partial charge on any atom is 0.282 e. The molecular formula is C20H26N3O4+. The van der Waals surface area contributed by atoms with Crippen LogP contribution in [0.15, 0.2) is 42.5 Å². The van der Waals surface area contributed by atoms with E-state index in [0.29, 0.717) is 5.69 Å². The second kappa shape index (κ2) is 9.14. The van der Waals surface area contributed by atoms with Crippen molar-refractivity contribution in [2.24, 2.45) is 0 Å². The lowest BCUT2D eigenvalue weighted by Crippen LogP contribution is -3.12. The van der Waals surface area contributed by atoms with Crippen LogP contribution in [0.3, 0.4) is 0 Å². The predicted molar refractivity (Wildman–Crippen MR) is 104 cm³/mol. The largest absolute Gasteiger partial charge is 0.494 e. The molecule has 27 heavy (non-hydrogen) atoms. The fourth-order valence-electron chi connectivity index (χ4n) is 2.73. The topological polar surface area (TPSA) is 85.9 Å². The highest BCUT2D eigenvalue weighted by molar-refractivity contribution is 5.95. The Morgan fingerprint density at radius 2 is 1.85 bits per heavy atom. The number of hydrogen-bond donors (Lipinski definition) is 2. The number of carbonyl (C=O) groups is 1. The van der Waals surface area contributed by atoms with Gasteiger partial charge in [-0.15, -0.1) is 0 Å². The lowest BCUT2D eigenvalue weighted by atomic mass is 10.1. The van der Waals surface area contributed by atoms with E-state index in [9.17, 15) is 14.9 Å². The van der Waals surface area contributed by atoms with Gasteiger partial charge in [0.15, 0.2) is 6.04 Å². The molecule has 0 fully saturated rings. The summed E-state index contributed by atoms with van der Waals surface area (Å²) >= 11 is 0. The molecule has 0 aromatic heterocycles. The van der Waals surface area contributed by atoms with E-state index >= 15 is 0 Å². The van der Waals surface area contributed by atoms with Gasteiger partial charge in [-0.1, -0.05) is 31.2 Å². The van der Waals surface area contributed by atoms with E-state index in [2.05, 4.69) is 36.5 Å². The first kappa shape index (κ1) is 20.4. The van der Waals surface area contributed by atoms with Gasteiger partial charge in [0, 0.05) is 11.6 Å². The Balaban J connectivity index is 2.04. The van der Waals surface area contributed by atoms with Crippen molar-refractivity contribution in [1.82, 2.24) is 0 Å². The van der Waals surface area contributed by atoms with E-state index in [0.717, 1.165) is 23.4 Å². The lowest BCUT2D eigenvalue weighted by molar-refractivity contribution is -0.907. The van der Waals surface area contributed by atoms with Gasteiger partial charge in [0.25, 0.3) is 11.6 Å². The number of hydrogen-bond acceptors (Lipinski definition) is 4. The van der Waals surface area contributed by atoms with Crippen LogP contribution < -0.4 is 15.0 Å². The van der Waals surface area contributed by atoms with Crippen molar-refractivity contribution >= 4 is 17.3 Å². The van der Waals surface area contributed by atoms with Gasteiger partial charge >= 0.3 is 0 Å². The SMILES string of the molecule is CCc1ccc(C[NH+](C)[C@H](C)C(=O)Nc2ccc([N+](=O)[O-])cc2OC)cc1. The number of methoxy groups -OCH3 is 1. The minimum absolute atomic E-state index is 0.0869. The van der Waals surface area contributed by atoms with Crippen molar-refractivity contribution in [1.29, 1.82) is 0 Å². The quantitative estimate of drug-likeness (QED) is 0.549. The highest BCUT2D eigenvalue weighted by Gasteiger charge is 2.23. The number of ether oxygens (including phenoxy) is 1. The minimum atomic E-state index is -0.502. The zero-order valence-corrected chi connectivity index (χ0v) is 16.1. The van der Waals surface area contributed by atoms with Crippen molar-refractivity contribution < 1.29 is 19.4 Å². The molecule has 7 nitrogen and oxygen atoms in total. The smallest absolute Gasteiger partial charge is 0.282 e. The number of nitrogens with one attached hydrogen (secondary N) is 2. The van der Waals surface area contributed by atoms with Gasteiger partial charge in [0.2, 0.25) is 0 Å². The Morgan fingerprint density at radius 1 is 1.22 bits per heavy atom. The Kier molecular flexibility index (Phi) is 6.90. The average Bonchev–Trinajstić information content (AvgIpc) is 2.67. The summed E-state index contributed by atoms with van der Waals surface area (Å²) in [6.45, 7) is 4.68. The molecule has 0 aliphatic heterocycles. The molecule has 0 spiro atoms. The molecule has 2 rings (SSSR count). The predicted octanol–water partition coefficient (Wildman–Crippen LogP) is 2.21. The Hall–Kier alpha value is -2.93. The molecule has 0 saturated carbocycles. The van der Waals surface area contributed by atoms with Crippen molar-refractivity contribution in [3.05, 3.63) is 63.7 Å². The third-order valence-electron chi connectivity index (χ3n) is 4.70. The van der Waals surface area contributed by atoms with E-state index in [1.807, 2.05) is 14.0 Å². The van der Waals surface area contributed by atoms with Crippen LogP contribution in [0.5, 0.6) is 5.75 Å². The number of aryl methyl sites for hydroxylation is 1. The van der Waals surface area contributed by atoms with Crippen molar-refractivity contribution in [3.8, 4) is 5.75 Å². The van der Waals surface area contributed by atoms with Gasteiger partial charge in [-0.25, -0.2) is 0 Å². The average molecular weight is 372 g/mol. The van der Waals surface area contributed by atoms with Crippen molar-refractivity contribution in [2.75, 3.05) is 19.5 Å². The number of carbonyl (C=O) groups excluding carboxylic acids is 1. The Labute approximate surface area is 159 Å². The number of nitrogens with zero attached hydrogens (tertiary/aromatic N) is 1. The first-order chi connectivity index (χ1) is 12.8. The molecule has 0 radical (unpaired) electrons. The number of likely N-dealkylation sites (N-methyl/N-ethyl adjacent to an activating group) is 1. The number of nitro benzene ring substituents is 1. The number of rotatable bonds is 8. The number of nitro groups is 1. The lowest BCUT2D eigenvalue weighted by Gasteiger charge is -2.21. The molecule has 1 unspecified atom stereocenters. The molecule has 0 bridgehead atoms. The molecule has 0 aliphatic rings. The van der Waals surface area contributed by atoms with Crippen LogP contribution in [0.1, 0.15) is 25.0 Å². The number of anilines is 1. The monoisotopic (exact) mass is 372 g/mol. The van der Waals surface area contributed by atoms with Crippen molar-refractivity contribution in [2.45, 2.75) is 32.9 Å². The van der Waals surface area contributed by atoms with Crippen LogP contribution in [0.25, 0.3) is 0 Å². The highest BCUT2D eigenvalue weighted by atomic mass is 16.6. The molecule has 2 aromatic rings. The summed E-state index contributed by atoms with van der Waals surface area (Å²) in [5.74, 6) is 0.0855. The summed E-state index contributed by atoms with van der Waals surface area (Å²) in [6, 6.07) is 12.2. The molecule has 0 heterocycles. The van der Waals surface area contributed by atoms with Crippen LogP contribution in [0.4, 0.5) is 11.4 Å². The fourth-order valence-corrected chi connectivity index (χ4v) is 2.73. The summed E-state index contributed by atoms with van der Waals surface area (Å²) in [6.07, 6.45) is 0.999. The second-order valence-electron chi connectivity index (χ2n) is 6.55. The molecule has 1 amide bonds. The van der Waals surface area contributed by atoms with E-state index in [1.54, 1.807) is 0 Å². The molecule has 2 aromatic carbocycles. The summed E-state index contributed by atoms with van der Waals surface area (Å²) in [4.78, 5) is 24.0. The maximum atomic E-state index is 12.6. The van der Waals surface area contributed by atoms with Gasteiger partial charge in [0.1, 0.15) is 12.3 Å². The number of non-ortho nitro benzene ring substituents is 1. The zero-order chi connectivity index (χ0) is 20.0. The molecule has 7 heteroatoms. The number of amides is 1.